The van der Waals surface area contributed by atoms with Crippen molar-refractivity contribution >= 4 is 23.5 Å². The highest BCUT2D eigenvalue weighted by molar-refractivity contribution is 6.30. The van der Waals surface area contributed by atoms with Gasteiger partial charge in [-0.2, -0.15) is 0 Å². The zero-order valence-electron chi connectivity index (χ0n) is 13.6. The second-order valence-electron chi connectivity index (χ2n) is 5.38. The molecule has 0 aliphatic carbocycles. The summed E-state index contributed by atoms with van der Waals surface area (Å²) in [6.45, 7) is 0. The van der Waals surface area contributed by atoms with Crippen molar-refractivity contribution < 1.29 is 27.8 Å². The second kappa shape index (κ2) is 7.97. The molecule has 0 bridgehead atoms. The Morgan fingerprint density at radius 3 is 1.70 bits per heavy atom. The minimum atomic E-state index is -0.955. The molecule has 0 aliphatic rings. The largest absolute Gasteiger partial charge is 0.423 e. The molecule has 0 aliphatic heterocycles. The normalized spacial score (nSPS) is 10.3. The highest BCUT2D eigenvalue weighted by Crippen LogP contribution is 2.21. The van der Waals surface area contributed by atoms with Gasteiger partial charge in [0.25, 0.3) is 0 Å². The Labute approximate surface area is 157 Å². The quantitative estimate of drug-likeness (QED) is 0.463. The van der Waals surface area contributed by atoms with Crippen LogP contribution in [0.25, 0.3) is 0 Å². The van der Waals surface area contributed by atoms with Crippen LogP contribution in [0, 0.1) is 11.6 Å². The highest BCUT2D eigenvalue weighted by atomic mass is 35.5. The minimum Gasteiger partial charge on any atom is -0.423 e. The summed E-state index contributed by atoms with van der Waals surface area (Å²) in [4.78, 5) is 24.8. The first-order valence-electron chi connectivity index (χ1n) is 7.67. The molecule has 0 heterocycles. The molecule has 3 rings (SSSR count). The Kier molecular flexibility index (Phi) is 5.47. The van der Waals surface area contributed by atoms with Crippen molar-refractivity contribution in [1.82, 2.24) is 0 Å². The van der Waals surface area contributed by atoms with E-state index in [1.165, 1.54) is 36.4 Å². The maximum Gasteiger partial charge on any atom is 0.344 e. The molecule has 4 nitrogen and oxygen atoms in total. The Bertz CT molecular complexity index is 983. The van der Waals surface area contributed by atoms with Crippen molar-refractivity contribution in [2.24, 2.45) is 0 Å². The Balaban J connectivity index is 1.83. The molecule has 0 amide bonds. The minimum absolute atomic E-state index is 0.0608. The van der Waals surface area contributed by atoms with Crippen LogP contribution in [0.15, 0.2) is 66.7 Å². The van der Waals surface area contributed by atoms with Gasteiger partial charge in [-0.15, -0.1) is 0 Å². The summed E-state index contributed by atoms with van der Waals surface area (Å²) in [5.41, 5.74) is -0.171. The number of esters is 2. The van der Waals surface area contributed by atoms with Crippen molar-refractivity contribution in [3.63, 3.8) is 0 Å². The van der Waals surface area contributed by atoms with E-state index >= 15 is 0 Å². The molecular formula is C20H11ClF2O4. The molecule has 3 aromatic carbocycles. The SMILES string of the molecule is O=C(Oc1ccc(Cl)cc1)c1ccccc1C(=O)Oc1cc(F)cc(F)c1. The van der Waals surface area contributed by atoms with Gasteiger partial charge < -0.3 is 9.47 Å². The summed E-state index contributed by atoms with van der Waals surface area (Å²) in [5, 5.41) is 0.473. The fourth-order valence-electron chi connectivity index (χ4n) is 2.25. The van der Waals surface area contributed by atoms with Gasteiger partial charge in [-0.25, -0.2) is 18.4 Å². The molecule has 0 fully saturated rings. The fourth-order valence-corrected chi connectivity index (χ4v) is 2.38. The summed E-state index contributed by atoms with van der Waals surface area (Å²) in [6.07, 6.45) is 0. The second-order valence-corrected chi connectivity index (χ2v) is 5.82. The third kappa shape index (κ3) is 4.68. The van der Waals surface area contributed by atoms with E-state index in [4.69, 9.17) is 21.1 Å². The van der Waals surface area contributed by atoms with Crippen LogP contribution in [0.5, 0.6) is 11.5 Å². The van der Waals surface area contributed by atoms with Gasteiger partial charge in [-0.3, -0.25) is 0 Å². The molecule has 0 saturated heterocycles. The molecular weight excluding hydrogens is 378 g/mol. The molecule has 0 spiro atoms. The number of carbonyl (C=O) groups excluding carboxylic acids is 2. The van der Waals surface area contributed by atoms with E-state index in [9.17, 15) is 18.4 Å². The number of carbonyl (C=O) groups is 2. The summed E-state index contributed by atoms with van der Waals surface area (Å²) in [5.74, 6) is -3.63. The lowest BCUT2D eigenvalue weighted by Gasteiger charge is -2.10. The summed E-state index contributed by atoms with van der Waals surface area (Å²) < 4.78 is 36.7. The van der Waals surface area contributed by atoms with E-state index in [-0.39, 0.29) is 22.6 Å². The van der Waals surface area contributed by atoms with Gasteiger partial charge >= 0.3 is 11.9 Å². The molecule has 0 saturated carbocycles. The van der Waals surface area contributed by atoms with Gasteiger partial charge in [0.1, 0.15) is 23.1 Å². The first-order chi connectivity index (χ1) is 12.9. The number of ether oxygens (including phenoxy) is 2. The van der Waals surface area contributed by atoms with Crippen LogP contribution >= 0.6 is 11.6 Å². The molecule has 0 aromatic heterocycles. The lowest BCUT2D eigenvalue weighted by Crippen LogP contribution is -2.17. The lowest BCUT2D eigenvalue weighted by molar-refractivity contribution is 0.0691. The number of halogens is 3. The van der Waals surface area contributed by atoms with Crippen LogP contribution < -0.4 is 9.47 Å². The van der Waals surface area contributed by atoms with Crippen LogP contribution in [-0.2, 0) is 0 Å². The van der Waals surface area contributed by atoms with Crippen LogP contribution in [0.2, 0.25) is 5.02 Å². The summed E-state index contributed by atoms with van der Waals surface area (Å²) in [7, 11) is 0. The van der Waals surface area contributed by atoms with E-state index in [2.05, 4.69) is 0 Å². The lowest BCUT2D eigenvalue weighted by atomic mass is 10.1. The van der Waals surface area contributed by atoms with Crippen molar-refractivity contribution in [2.75, 3.05) is 0 Å². The van der Waals surface area contributed by atoms with Crippen molar-refractivity contribution in [2.45, 2.75) is 0 Å². The maximum atomic E-state index is 13.2. The predicted molar refractivity (Wildman–Crippen MR) is 94.2 cm³/mol. The van der Waals surface area contributed by atoms with Crippen molar-refractivity contribution in [1.29, 1.82) is 0 Å². The average Bonchev–Trinajstić information content (AvgIpc) is 2.62. The van der Waals surface area contributed by atoms with Gasteiger partial charge in [-0.05, 0) is 36.4 Å². The first-order valence-corrected chi connectivity index (χ1v) is 8.05. The average molecular weight is 389 g/mol. The van der Waals surface area contributed by atoms with E-state index in [1.807, 2.05) is 0 Å². The van der Waals surface area contributed by atoms with Crippen molar-refractivity contribution in [3.05, 3.63) is 94.5 Å². The molecule has 0 N–H and O–H groups in total. The molecule has 136 valence electrons. The summed E-state index contributed by atoms with van der Waals surface area (Å²) >= 11 is 5.78. The molecule has 27 heavy (non-hydrogen) atoms. The van der Waals surface area contributed by atoms with Gasteiger partial charge in [-0.1, -0.05) is 23.7 Å². The summed E-state index contributed by atoms with van der Waals surface area (Å²) in [6, 6.07) is 14.2. The third-order valence-corrected chi connectivity index (χ3v) is 3.69. The van der Waals surface area contributed by atoms with Crippen LogP contribution in [0.1, 0.15) is 20.7 Å². The Hall–Kier alpha value is -3.25. The van der Waals surface area contributed by atoms with Gasteiger partial charge in [0, 0.05) is 23.2 Å². The number of hydrogen-bond acceptors (Lipinski definition) is 4. The highest BCUT2D eigenvalue weighted by Gasteiger charge is 2.20. The third-order valence-electron chi connectivity index (χ3n) is 3.44. The number of rotatable bonds is 4. The monoisotopic (exact) mass is 388 g/mol. The molecule has 3 aromatic rings. The zero-order chi connectivity index (χ0) is 19.4. The fraction of sp³-hybridized carbons (Fsp3) is 0. The Morgan fingerprint density at radius 1 is 0.704 bits per heavy atom. The standard InChI is InChI=1S/C20H11ClF2O4/c21-12-5-7-15(8-6-12)26-19(24)17-3-1-2-4-18(17)20(25)27-16-10-13(22)9-14(23)11-16/h1-11H. The van der Waals surface area contributed by atoms with E-state index < -0.39 is 23.6 Å². The predicted octanol–water partition coefficient (Wildman–Crippen LogP) is 5.06. The smallest absolute Gasteiger partial charge is 0.344 e. The van der Waals surface area contributed by atoms with Crippen LogP contribution in [0.4, 0.5) is 8.78 Å². The van der Waals surface area contributed by atoms with Crippen LogP contribution in [-0.4, -0.2) is 11.9 Å². The number of benzene rings is 3. The number of hydrogen-bond donors (Lipinski definition) is 0. The zero-order valence-corrected chi connectivity index (χ0v) is 14.4. The topological polar surface area (TPSA) is 52.6 Å². The molecule has 0 radical (unpaired) electrons. The van der Waals surface area contributed by atoms with Crippen molar-refractivity contribution in [3.8, 4) is 11.5 Å². The van der Waals surface area contributed by atoms with Gasteiger partial charge in [0.05, 0.1) is 11.1 Å². The Morgan fingerprint density at radius 2 is 1.19 bits per heavy atom. The first kappa shape index (κ1) is 18.5. The van der Waals surface area contributed by atoms with Gasteiger partial charge in [0.2, 0.25) is 0 Å². The van der Waals surface area contributed by atoms with E-state index in [1.54, 1.807) is 12.1 Å². The van der Waals surface area contributed by atoms with Gasteiger partial charge in [0.15, 0.2) is 0 Å². The van der Waals surface area contributed by atoms with E-state index in [0.29, 0.717) is 11.1 Å². The van der Waals surface area contributed by atoms with E-state index in [0.717, 1.165) is 12.1 Å². The molecule has 0 unspecified atom stereocenters. The maximum absolute atomic E-state index is 13.2. The van der Waals surface area contributed by atoms with Crippen LogP contribution in [0.3, 0.4) is 0 Å². The molecule has 0 atom stereocenters. The molecule has 7 heteroatoms.